The molecule has 2 aromatic rings. The summed E-state index contributed by atoms with van der Waals surface area (Å²) in [6.45, 7) is 0. The average molecular weight is 248 g/mol. The Labute approximate surface area is 106 Å². The van der Waals surface area contributed by atoms with Crippen LogP contribution >= 0.6 is 11.6 Å². The van der Waals surface area contributed by atoms with Gasteiger partial charge in [-0.05, 0) is 29.3 Å². The lowest BCUT2D eigenvalue weighted by Crippen LogP contribution is -1.91. The Morgan fingerprint density at radius 2 is 1.41 bits per heavy atom. The van der Waals surface area contributed by atoms with Crippen molar-refractivity contribution in [2.75, 3.05) is 5.73 Å². The molecule has 0 heterocycles. The smallest absolute Gasteiger partial charge is 0.226 e. The molecule has 0 bridgehead atoms. The van der Waals surface area contributed by atoms with Gasteiger partial charge in [0.1, 0.15) is 0 Å². The molecule has 3 heteroatoms. The van der Waals surface area contributed by atoms with E-state index in [-0.39, 0.29) is 5.24 Å². The van der Waals surface area contributed by atoms with E-state index >= 15 is 0 Å². The molecule has 2 N–H and O–H groups in total. The van der Waals surface area contributed by atoms with E-state index in [1.54, 1.807) is 0 Å². The van der Waals surface area contributed by atoms with Crippen LogP contribution in [0.3, 0.4) is 0 Å². The summed E-state index contributed by atoms with van der Waals surface area (Å²) < 4.78 is 0. The first kappa shape index (κ1) is 13.3. The van der Waals surface area contributed by atoms with Crippen LogP contribution in [-0.2, 0) is 11.2 Å². The van der Waals surface area contributed by atoms with Crippen molar-refractivity contribution < 1.29 is 4.79 Å². The monoisotopic (exact) mass is 247 g/mol. The molecule has 0 aliphatic carbocycles. The van der Waals surface area contributed by atoms with Gasteiger partial charge in [0.25, 0.3) is 0 Å². The standard InChI is InChI=1S/C8H7ClO.C6H7N/c9-8(10)6-7-4-2-1-3-5-7;7-6-4-2-1-3-5-6/h1-5H,6H2;1-5H,7H2. The maximum atomic E-state index is 10.4. The fourth-order valence-electron chi connectivity index (χ4n) is 1.21. The van der Waals surface area contributed by atoms with Gasteiger partial charge in [0.2, 0.25) is 5.24 Å². The highest BCUT2D eigenvalue weighted by molar-refractivity contribution is 6.63. The molecule has 0 amide bonds. The number of carbonyl (C=O) groups is 1. The summed E-state index contributed by atoms with van der Waals surface area (Å²) in [6.07, 6.45) is 0.322. The van der Waals surface area contributed by atoms with Gasteiger partial charge in [-0.2, -0.15) is 0 Å². The van der Waals surface area contributed by atoms with Crippen molar-refractivity contribution in [2.45, 2.75) is 6.42 Å². The Morgan fingerprint density at radius 3 is 1.76 bits per heavy atom. The number of nitrogen functional groups attached to an aromatic ring is 1. The average Bonchev–Trinajstić information content (AvgIpc) is 2.31. The first-order chi connectivity index (χ1) is 8.18. The van der Waals surface area contributed by atoms with Gasteiger partial charge in [-0.25, -0.2) is 0 Å². The molecular weight excluding hydrogens is 234 g/mol. The molecule has 0 fully saturated rings. The van der Waals surface area contributed by atoms with Gasteiger partial charge in [0.15, 0.2) is 0 Å². The van der Waals surface area contributed by atoms with Crippen molar-refractivity contribution >= 4 is 22.5 Å². The van der Waals surface area contributed by atoms with Gasteiger partial charge in [-0.15, -0.1) is 0 Å². The molecule has 2 nitrogen and oxygen atoms in total. The zero-order valence-corrected chi connectivity index (χ0v) is 10.1. The highest BCUT2D eigenvalue weighted by Gasteiger charge is 1.96. The Kier molecular flexibility index (Phi) is 5.83. The van der Waals surface area contributed by atoms with Gasteiger partial charge >= 0.3 is 0 Å². The fraction of sp³-hybridized carbons (Fsp3) is 0.0714. The molecular formula is C14H14ClNO. The predicted octanol–water partition coefficient (Wildman–Crippen LogP) is 3.26. The van der Waals surface area contributed by atoms with Gasteiger partial charge < -0.3 is 5.73 Å². The molecule has 0 aliphatic heterocycles. The Hall–Kier alpha value is -1.80. The molecule has 17 heavy (non-hydrogen) atoms. The molecule has 0 saturated heterocycles. The van der Waals surface area contributed by atoms with Gasteiger partial charge in [-0.1, -0.05) is 48.5 Å². The predicted molar refractivity (Wildman–Crippen MR) is 71.9 cm³/mol. The van der Waals surface area contributed by atoms with E-state index in [1.165, 1.54) is 0 Å². The van der Waals surface area contributed by atoms with Crippen LogP contribution in [-0.4, -0.2) is 5.24 Å². The van der Waals surface area contributed by atoms with Crippen LogP contribution < -0.4 is 5.73 Å². The Morgan fingerprint density at radius 1 is 0.941 bits per heavy atom. The van der Waals surface area contributed by atoms with Crippen LogP contribution in [0, 0.1) is 0 Å². The lowest BCUT2D eigenvalue weighted by molar-refractivity contribution is -0.111. The van der Waals surface area contributed by atoms with Crippen LogP contribution in [0.2, 0.25) is 0 Å². The van der Waals surface area contributed by atoms with E-state index in [4.69, 9.17) is 17.3 Å². The number of hydrogen-bond acceptors (Lipinski definition) is 2. The van der Waals surface area contributed by atoms with Crippen molar-refractivity contribution in [3.8, 4) is 0 Å². The van der Waals surface area contributed by atoms with Gasteiger partial charge in [0.05, 0.1) is 0 Å². The minimum atomic E-state index is -0.314. The zero-order valence-electron chi connectivity index (χ0n) is 9.34. The summed E-state index contributed by atoms with van der Waals surface area (Å²) in [6, 6.07) is 18.9. The van der Waals surface area contributed by atoms with Gasteiger partial charge in [0, 0.05) is 12.1 Å². The molecule has 0 aromatic heterocycles. The lowest BCUT2D eigenvalue weighted by Gasteiger charge is -1.92. The normalized spacial score (nSPS) is 9.00. The lowest BCUT2D eigenvalue weighted by atomic mass is 10.2. The number of anilines is 1. The molecule has 0 unspecified atom stereocenters. The summed E-state index contributed by atoms with van der Waals surface area (Å²) in [7, 11) is 0. The van der Waals surface area contributed by atoms with Crippen molar-refractivity contribution in [1.82, 2.24) is 0 Å². The highest BCUT2D eigenvalue weighted by atomic mass is 35.5. The second-order valence-corrected chi connectivity index (χ2v) is 3.85. The minimum absolute atomic E-state index is 0.314. The van der Waals surface area contributed by atoms with Crippen molar-refractivity contribution in [2.24, 2.45) is 0 Å². The molecule has 2 rings (SSSR count). The molecule has 0 atom stereocenters. The van der Waals surface area contributed by atoms with Crippen LogP contribution in [0.4, 0.5) is 5.69 Å². The third-order valence-corrected chi connectivity index (χ3v) is 2.12. The third kappa shape index (κ3) is 6.38. The van der Waals surface area contributed by atoms with E-state index in [0.717, 1.165) is 11.3 Å². The number of benzene rings is 2. The van der Waals surface area contributed by atoms with Crippen molar-refractivity contribution in [3.05, 3.63) is 66.2 Å². The van der Waals surface area contributed by atoms with Crippen LogP contribution in [0.1, 0.15) is 5.56 Å². The zero-order chi connectivity index (χ0) is 12.5. The Balaban J connectivity index is 0.000000181. The summed E-state index contributed by atoms with van der Waals surface area (Å²) >= 11 is 5.17. The van der Waals surface area contributed by atoms with Crippen LogP contribution in [0.15, 0.2) is 60.7 Å². The molecule has 0 radical (unpaired) electrons. The van der Waals surface area contributed by atoms with E-state index in [2.05, 4.69) is 0 Å². The quantitative estimate of drug-likeness (QED) is 0.654. The number of halogens is 1. The minimum Gasteiger partial charge on any atom is -0.399 e. The molecule has 2 aromatic carbocycles. The van der Waals surface area contributed by atoms with E-state index in [1.807, 2.05) is 60.7 Å². The third-order valence-electron chi connectivity index (χ3n) is 1.99. The summed E-state index contributed by atoms with van der Waals surface area (Å²) in [5.41, 5.74) is 7.14. The maximum absolute atomic E-state index is 10.4. The molecule has 0 saturated carbocycles. The molecule has 88 valence electrons. The number of hydrogen-bond donors (Lipinski definition) is 1. The maximum Gasteiger partial charge on any atom is 0.226 e. The van der Waals surface area contributed by atoms with Crippen LogP contribution in [0.5, 0.6) is 0 Å². The molecule has 0 spiro atoms. The van der Waals surface area contributed by atoms with Crippen molar-refractivity contribution in [1.29, 1.82) is 0 Å². The second-order valence-electron chi connectivity index (χ2n) is 3.43. The number of carbonyl (C=O) groups excluding carboxylic acids is 1. The van der Waals surface area contributed by atoms with Crippen molar-refractivity contribution in [3.63, 3.8) is 0 Å². The highest BCUT2D eigenvalue weighted by Crippen LogP contribution is 2.00. The second kappa shape index (κ2) is 7.47. The molecule has 0 aliphatic rings. The largest absolute Gasteiger partial charge is 0.399 e. The SMILES string of the molecule is Nc1ccccc1.O=C(Cl)Cc1ccccc1. The number of nitrogens with two attached hydrogens (primary N) is 1. The summed E-state index contributed by atoms with van der Waals surface area (Å²) in [5, 5.41) is -0.314. The number of para-hydroxylation sites is 1. The Bertz CT molecular complexity index is 442. The summed E-state index contributed by atoms with van der Waals surface area (Å²) in [5.74, 6) is 0. The van der Waals surface area contributed by atoms with E-state index in [9.17, 15) is 4.79 Å². The van der Waals surface area contributed by atoms with E-state index in [0.29, 0.717) is 6.42 Å². The first-order valence-corrected chi connectivity index (χ1v) is 5.59. The number of rotatable bonds is 2. The first-order valence-electron chi connectivity index (χ1n) is 5.21. The summed E-state index contributed by atoms with van der Waals surface area (Å²) in [4.78, 5) is 10.4. The van der Waals surface area contributed by atoms with E-state index < -0.39 is 0 Å². The topological polar surface area (TPSA) is 43.1 Å². The van der Waals surface area contributed by atoms with Gasteiger partial charge in [-0.3, -0.25) is 4.79 Å². The van der Waals surface area contributed by atoms with Crippen LogP contribution in [0.25, 0.3) is 0 Å². The fourth-order valence-corrected chi connectivity index (χ4v) is 1.36.